The molecule has 0 saturated carbocycles. The Morgan fingerprint density at radius 2 is 1.24 bits per heavy atom. The monoisotopic (exact) mass is 261 g/mol. The summed E-state index contributed by atoms with van der Waals surface area (Å²) in [6, 6.07) is 0. The third-order valence-electron chi connectivity index (χ3n) is 3.34. The van der Waals surface area contributed by atoms with Crippen molar-refractivity contribution in [2.45, 2.75) is 90.1 Å². The molecule has 0 aliphatic heterocycles. The Morgan fingerprint density at radius 3 is 1.65 bits per heavy atom. The normalized spacial score (nSPS) is 13.7. The lowest BCUT2D eigenvalue weighted by Crippen LogP contribution is -2.02. The van der Waals surface area contributed by atoms with Gasteiger partial charge in [-0.05, 0) is 30.2 Å². The van der Waals surface area contributed by atoms with Crippen LogP contribution in [0, 0.1) is 0 Å². The summed E-state index contributed by atoms with van der Waals surface area (Å²) in [4.78, 5) is 9.28. The van der Waals surface area contributed by atoms with Crippen molar-refractivity contribution in [2.24, 2.45) is 0 Å². The van der Waals surface area contributed by atoms with Crippen molar-refractivity contribution in [1.29, 1.82) is 0 Å². The van der Waals surface area contributed by atoms with Crippen molar-refractivity contribution in [2.75, 3.05) is 0 Å². The highest BCUT2D eigenvalue weighted by Crippen LogP contribution is 2.31. The molecule has 0 amide bonds. The van der Waals surface area contributed by atoms with Gasteiger partial charge in [-0.3, -0.25) is 0 Å². The maximum atomic E-state index is 11.2. The molecule has 0 saturated heterocycles. The van der Waals surface area contributed by atoms with Crippen LogP contribution < -0.4 is 0 Å². The third-order valence-corrected chi connectivity index (χ3v) is 4.49. The minimum atomic E-state index is -1.96. The molecule has 2 nitrogen and oxygen atoms in total. The molecule has 0 aliphatic rings. The second kappa shape index (κ2) is 12.5. The number of rotatable bonds is 12. The van der Waals surface area contributed by atoms with E-state index in [1.165, 1.54) is 44.9 Å². The Hall–Kier alpha value is 0.0600. The Morgan fingerprint density at radius 1 is 0.824 bits per heavy atom. The van der Waals surface area contributed by atoms with E-state index < -0.39 is 8.03 Å². The zero-order valence-corrected chi connectivity index (χ0v) is 12.6. The first kappa shape index (κ1) is 17.1. The highest BCUT2D eigenvalue weighted by molar-refractivity contribution is 7.38. The van der Waals surface area contributed by atoms with E-state index in [0.29, 0.717) is 0 Å². The largest absolute Gasteiger partial charge is 0.508 e. The summed E-state index contributed by atoms with van der Waals surface area (Å²) in [6.07, 6.45) is 12.9. The van der Waals surface area contributed by atoms with Crippen LogP contribution >= 0.6 is 8.03 Å². The quantitative estimate of drug-likeness (QED) is 0.376. The minimum absolute atomic E-state index is 0.0588. The molecule has 0 bridgehead atoms. The zero-order chi connectivity index (χ0) is 12.9. The lowest BCUT2D eigenvalue weighted by Gasteiger charge is -2.05. The van der Waals surface area contributed by atoms with Gasteiger partial charge in [0.1, 0.15) is 0 Å². The Kier molecular flexibility index (Phi) is 12.6. The van der Waals surface area contributed by atoms with Gasteiger partial charge in [0.15, 0.2) is 5.66 Å². The zero-order valence-electron chi connectivity index (χ0n) is 11.7. The van der Waals surface area contributed by atoms with Gasteiger partial charge >= 0.3 is 8.03 Å². The van der Waals surface area contributed by atoms with E-state index in [0.717, 1.165) is 25.7 Å². The average Bonchev–Trinajstić information content (AvgIpc) is 2.31. The fourth-order valence-corrected chi connectivity index (χ4v) is 2.96. The van der Waals surface area contributed by atoms with Crippen molar-refractivity contribution < 1.29 is 9.46 Å². The second-order valence-electron chi connectivity index (χ2n) is 5.01. The van der Waals surface area contributed by atoms with E-state index in [1.807, 2.05) is 0 Å². The van der Waals surface area contributed by atoms with Gasteiger partial charge < -0.3 is 0 Å². The van der Waals surface area contributed by atoms with Crippen molar-refractivity contribution in [1.82, 2.24) is 0 Å². The van der Waals surface area contributed by atoms with Crippen molar-refractivity contribution in [3.8, 4) is 0 Å². The topological polar surface area (TPSA) is 37.3 Å². The number of hydrogen-bond acceptors (Lipinski definition) is 1. The van der Waals surface area contributed by atoms with Crippen molar-refractivity contribution >= 4 is 8.03 Å². The lowest BCUT2D eigenvalue weighted by molar-refractivity contribution is 0.463. The van der Waals surface area contributed by atoms with E-state index in [9.17, 15) is 9.46 Å². The SMILES string of the molecule is CCCCCCCC(CCCCCC)[P+](=O)O. The van der Waals surface area contributed by atoms with Crippen molar-refractivity contribution in [3.63, 3.8) is 0 Å². The summed E-state index contributed by atoms with van der Waals surface area (Å²) < 4.78 is 11.2. The Labute approximate surface area is 108 Å². The van der Waals surface area contributed by atoms with Gasteiger partial charge in [0.25, 0.3) is 0 Å². The van der Waals surface area contributed by atoms with Crippen LogP contribution in [0.1, 0.15) is 84.5 Å². The molecule has 0 aliphatic carbocycles. The molecule has 2 atom stereocenters. The van der Waals surface area contributed by atoms with Crippen LogP contribution in [0.25, 0.3) is 0 Å². The highest BCUT2D eigenvalue weighted by atomic mass is 31.1. The summed E-state index contributed by atoms with van der Waals surface area (Å²) in [5.41, 5.74) is 0.0588. The molecule has 102 valence electrons. The van der Waals surface area contributed by atoms with E-state index in [2.05, 4.69) is 13.8 Å². The van der Waals surface area contributed by atoms with Crippen LogP contribution in [0.2, 0.25) is 0 Å². The summed E-state index contributed by atoms with van der Waals surface area (Å²) in [5.74, 6) is 0. The highest BCUT2D eigenvalue weighted by Gasteiger charge is 2.27. The standard InChI is InChI=1S/C14H29O2P/c1-3-5-7-9-11-13-14(17(15)16)12-10-8-6-4-2/h14H,3-13H2,1-2H3/p+1. The maximum absolute atomic E-state index is 11.2. The fourth-order valence-electron chi connectivity index (χ4n) is 2.16. The molecule has 3 heteroatoms. The number of unbranched alkanes of at least 4 members (excludes halogenated alkanes) is 7. The van der Waals surface area contributed by atoms with E-state index in [1.54, 1.807) is 0 Å². The molecule has 0 radical (unpaired) electrons. The predicted octanol–water partition coefficient (Wildman–Crippen LogP) is 5.42. The predicted molar refractivity (Wildman–Crippen MR) is 75.7 cm³/mol. The van der Waals surface area contributed by atoms with Gasteiger partial charge in [-0.2, -0.15) is 4.89 Å². The van der Waals surface area contributed by atoms with Crippen LogP contribution in [0.15, 0.2) is 0 Å². The first-order valence-corrected chi connectivity index (χ1v) is 8.65. The average molecular weight is 261 g/mol. The third kappa shape index (κ3) is 10.9. The second-order valence-corrected chi connectivity index (χ2v) is 6.34. The molecule has 0 aromatic rings. The van der Waals surface area contributed by atoms with Crippen LogP contribution in [-0.2, 0) is 4.57 Å². The fraction of sp³-hybridized carbons (Fsp3) is 1.00. The van der Waals surface area contributed by atoms with Gasteiger partial charge in [0, 0.05) is 0 Å². The molecule has 1 N–H and O–H groups in total. The van der Waals surface area contributed by atoms with Gasteiger partial charge in [0.2, 0.25) is 0 Å². The molecule has 0 rings (SSSR count). The molecular weight excluding hydrogens is 231 g/mol. The molecule has 0 spiro atoms. The summed E-state index contributed by atoms with van der Waals surface area (Å²) >= 11 is 0. The van der Waals surface area contributed by atoms with Gasteiger partial charge in [-0.25, -0.2) is 0 Å². The Bertz CT molecular complexity index is 183. The molecule has 0 heterocycles. The maximum Gasteiger partial charge on any atom is 0.508 e. The Balaban J connectivity index is 3.57. The molecule has 0 aromatic carbocycles. The first-order chi connectivity index (χ1) is 8.22. The van der Waals surface area contributed by atoms with Gasteiger partial charge in [-0.15, -0.1) is 0 Å². The van der Waals surface area contributed by atoms with Gasteiger partial charge in [-0.1, -0.05) is 58.8 Å². The van der Waals surface area contributed by atoms with E-state index >= 15 is 0 Å². The van der Waals surface area contributed by atoms with Crippen LogP contribution in [0.4, 0.5) is 0 Å². The minimum Gasteiger partial charge on any atom is -0.161 e. The van der Waals surface area contributed by atoms with E-state index in [-0.39, 0.29) is 5.66 Å². The van der Waals surface area contributed by atoms with Crippen molar-refractivity contribution in [3.05, 3.63) is 0 Å². The van der Waals surface area contributed by atoms with Gasteiger partial charge in [0.05, 0.1) is 0 Å². The van der Waals surface area contributed by atoms with E-state index in [4.69, 9.17) is 0 Å². The van der Waals surface area contributed by atoms with Crippen LogP contribution in [0.3, 0.4) is 0 Å². The smallest absolute Gasteiger partial charge is 0.161 e. The number of hydrogen-bond donors (Lipinski definition) is 1. The van der Waals surface area contributed by atoms with Crippen LogP contribution in [-0.4, -0.2) is 10.6 Å². The molecule has 0 aromatic heterocycles. The first-order valence-electron chi connectivity index (χ1n) is 7.37. The lowest BCUT2D eigenvalue weighted by atomic mass is 10.0. The molecule has 0 fully saturated rings. The molecule has 17 heavy (non-hydrogen) atoms. The van der Waals surface area contributed by atoms with Crippen LogP contribution in [0.5, 0.6) is 0 Å². The summed E-state index contributed by atoms with van der Waals surface area (Å²) in [7, 11) is -1.96. The summed E-state index contributed by atoms with van der Waals surface area (Å²) in [6.45, 7) is 4.40. The summed E-state index contributed by atoms with van der Waals surface area (Å²) in [5, 5.41) is 0. The molecule has 2 unspecified atom stereocenters. The molecular formula is C14H30O2P+.